The molecule has 0 spiro atoms. The van der Waals surface area contributed by atoms with Crippen LogP contribution < -0.4 is 5.30 Å². The number of hydrogen-bond acceptors (Lipinski definition) is 3. The van der Waals surface area contributed by atoms with Gasteiger partial charge >= 0.3 is 0 Å². The predicted molar refractivity (Wildman–Crippen MR) is 165 cm³/mol. The molecule has 7 aliphatic rings. The fourth-order valence-corrected chi connectivity index (χ4v) is 19.3. The Balaban J connectivity index is 1.21. The summed E-state index contributed by atoms with van der Waals surface area (Å²) in [7, 11) is -0.539. The van der Waals surface area contributed by atoms with Gasteiger partial charge in [0.2, 0.25) is 0 Å². The lowest BCUT2D eigenvalue weighted by Gasteiger charge is -2.68. The summed E-state index contributed by atoms with van der Waals surface area (Å²) >= 11 is 0. The molecule has 7 unspecified atom stereocenters. The molecule has 1 aromatic carbocycles. The van der Waals surface area contributed by atoms with Crippen LogP contribution in [0.15, 0.2) is 24.3 Å². The zero-order valence-electron chi connectivity index (χ0n) is 25.0. The molecule has 39 heavy (non-hydrogen) atoms. The first-order valence-electron chi connectivity index (χ1n) is 16.5. The summed E-state index contributed by atoms with van der Waals surface area (Å²) in [4.78, 5) is 0. The van der Waals surface area contributed by atoms with Crippen molar-refractivity contribution >= 4 is 21.1 Å². The fraction of sp³-hybridized carbons (Fsp3) is 0.824. The van der Waals surface area contributed by atoms with Crippen LogP contribution in [-0.4, -0.2) is 39.7 Å². The summed E-state index contributed by atoms with van der Waals surface area (Å²) in [6.07, 6.45) is 20.5. The zero-order valence-corrected chi connectivity index (χ0v) is 26.8. The smallest absolute Gasteiger partial charge is 0.172 e. The molecule has 7 fully saturated rings. The van der Waals surface area contributed by atoms with Gasteiger partial charge in [0.05, 0.1) is 10.7 Å². The summed E-state index contributed by atoms with van der Waals surface area (Å²) in [5.74, 6) is 0.965. The van der Waals surface area contributed by atoms with Crippen molar-refractivity contribution in [1.29, 1.82) is 0 Å². The molecule has 4 bridgehead atoms. The predicted octanol–water partition coefficient (Wildman–Crippen LogP) is 9.56. The monoisotopic (exact) mass is 570 g/mol. The van der Waals surface area contributed by atoms with Gasteiger partial charge in [-0.15, -0.1) is 0 Å². The third-order valence-corrected chi connectivity index (χ3v) is 18.9. The lowest BCUT2D eigenvalue weighted by molar-refractivity contribution is -0.428. The van der Waals surface area contributed by atoms with Gasteiger partial charge in [-0.05, 0) is 107 Å². The molecule has 0 aromatic heterocycles. The summed E-state index contributed by atoms with van der Waals surface area (Å²) < 4.78 is 19.8. The van der Waals surface area contributed by atoms with E-state index in [2.05, 4.69) is 52.0 Å². The summed E-state index contributed by atoms with van der Waals surface area (Å²) in [6, 6.07) is 9.96. The van der Waals surface area contributed by atoms with Crippen molar-refractivity contribution in [1.82, 2.24) is 0 Å². The molecule has 5 heteroatoms. The Labute approximate surface area is 240 Å². The highest BCUT2D eigenvalue weighted by molar-refractivity contribution is 7.67. The van der Waals surface area contributed by atoms with Gasteiger partial charge in [-0.3, -0.25) is 0 Å². The number of hydrogen-bond donors (Lipinski definition) is 0. The first-order valence-corrected chi connectivity index (χ1v) is 19.4. The van der Waals surface area contributed by atoms with E-state index in [1.165, 1.54) is 83.5 Å². The van der Waals surface area contributed by atoms with E-state index in [-0.39, 0.29) is 24.9 Å². The number of ether oxygens (including phenoxy) is 3. The normalized spacial score (nSPS) is 43.8. The minimum Gasteiger partial charge on any atom is -0.341 e. The highest BCUT2D eigenvalue weighted by Crippen LogP contribution is 2.78. The second-order valence-corrected chi connectivity index (χ2v) is 20.7. The van der Waals surface area contributed by atoms with Gasteiger partial charge in [0.25, 0.3) is 0 Å². The van der Waals surface area contributed by atoms with Gasteiger partial charge in [-0.2, -0.15) is 0 Å². The highest BCUT2D eigenvalue weighted by atomic mass is 31.1. The molecule has 1 aromatic rings. The van der Waals surface area contributed by atoms with Gasteiger partial charge in [0, 0.05) is 12.8 Å². The molecule has 4 heterocycles. The summed E-state index contributed by atoms with van der Waals surface area (Å²) in [6.45, 7) is 9.57. The van der Waals surface area contributed by atoms with Crippen LogP contribution in [0, 0.1) is 5.92 Å². The average molecular weight is 571 g/mol. The van der Waals surface area contributed by atoms with E-state index in [1.54, 1.807) is 5.56 Å². The van der Waals surface area contributed by atoms with E-state index in [1.807, 2.05) is 5.30 Å². The zero-order chi connectivity index (χ0) is 26.8. The standard InChI is InChI=1S/C34H52O3P2/c1-24(39-33(3)22-31-35-32(2,37-33)23-34(39,4)36-31)27-19-13-20-28(27)29-18-11-12-21-30(29)38(25-14-7-5-8-15-25)26-16-9-6-10-17-26/h11-12,18,21,24-28,31H,5-10,13-17,19-20,22-23H2,1-4H3/t24-,27?,28?,31?,32?,33?,34?,39?/m1/s1. The Morgan fingerprint density at radius 3 is 2.10 bits per heavy atom. The van der Waals surface area contributed by atoms with E-state index in [0.717, 1.165) is 30.1 Å². The minimum absolute atomic E-state index is 0.0793. The quantitative estimate of drug-likeness (QED) is 0.319. The van der Waals surface area contributed by atoms with Gasteiger partial charge in [-0.25, -0.2) is 0 Å². The lowest BCUT2D eigenvalue weighted by atomic mass is 9.87. The first-order chi connectivity index (χ1) is 18.8. The molecule has 0 radical (unpaired) electrons. The van der Waals surface area contributed by atoms with E-state index < -0.39 is 13.7 Å². The van der Waals surface area contributed by atoms with Crippen LogP contribution in [0.4, 0.5) is 0 Å². The Morgan fingerprint density at radius 2 is 1.46 bits per heavy atom. The number of benzene rings is 1. The molecular formula is C34H52O3P2. The Bertz CT molecular complexity index is 995. The second-order valence-electron chi connectivity index (χ2n) is 14.5. The molecule has 4 saturated heterocycles. The largest absolute Gasteiger partial charge is 0.341 e. The maximum Gasteiger partial charge on any atom is 0.172 e. The SMILES string of the molecule is C[C@H](C1CCCC1c1ccccc1P(C1CCCCC1)C1CCCCC1)P1C2(C)CC3(C)OC(CC1(C)O3)O2. The molecule has 3 saturated carbocycles. The number of rotatable bonds is 6. The van der Waals surface area contributed by atoms with Crippen LogP contribution in [0.3, 0.4) is 0 Å². The minimum atomic E-state index is -0.472. The van der Waals surface area contributed by atoms with Crippen LogP contribution in [0.25, 0.3) is 0 Å². The summed E-state index contributed by atoms with van der Waals surface area (Å²) in [5, 5.41) is 1.64. The van der Waals surface area contributed by atoms with Crippen LogP contribution in [0.1, 0.15) is 135 Å². The lowest BCUT2D eigenvalue weighted by Crippen LogP contribution is -2.68. The molecule has 0 N–H and O–H groups in total. The maximum atomic E-state index is 6.85. The molecule has 3 nitrogen and oxygen atoms in total. The summed E-state index contributed by atoms with van der Waals surface area (Å²) in [5.41, 5.74) is 4.32. The van der Waals surface area contributed by atoms with Gasteiger partial charge in [0.1, 0.15) is 0 Å². The van der Waals surface area contributed by atoms with Crippen LogP contribution >= 0.6 is 15.8 Å². The van der Waals surface area contributed by atoms with Crippen molar-refractivity contribution in [3.05, 3.63) is 29.8 Å². The average Bonchev–Trinajstić information content (AvgIpc) is 3.38. The van der Waals surface area contributed by atoms with Gasteiger partial charge in [-0.1, -0.05) is 84.1 Å². The van der Waals surface area contributed by atoms with Crippen molar-refractivity contribution in [2.75, 3.05) is 0 Å². The van der Waals surface area contributed by atoms with E-state index in [9.17, 15) is 0 Å². The van der Waals surface area contributed by atoms with Crippen molar-refractivity contribution in [3.8, 4) is 0 Å². The fourth-order valence-electron chi connectivity index (χ4n) is 10.5. The Kier molecular flexibility index (Phi) is 7.54. The maximum absolute atomic E-state index is 6.85. The van der Waals surface area contributed by atoms with Crippen molar-refractivity contribution in [3.63, 3.8) is 0 Å². The molecule has 4 aliphatic heterocycles. The van der Waals surface area contributed by atoms with Crippen LogP contribution in [-0.2, 0) is 14.2 Å². The van der Waals surface area contributed by atoms with Gasteiger partial charge in [0.15, 0.2) is 12.1 Å². The first kappa shape index (κ1) is 27.8. The highest BCUT2D eigenvalue weighted by Gasteiger charge is 2.69. The molecule has 3 aliphatic carbocycles. The van der Waals surface area contributed by atoms with Crippen LogP contribution in [0.2, 0.25) is 0 Å². The van der Waals surface area contributed by atoms with E-state index >= 15 is 0 Å². The van der Waals surface area contributed by atoms with Crippen molar-refractivity contribution < 1.29 is 14.2 Å². The molecular weight excluding hydrogens is 518 g/mol. The third kappa shape index (κ3) is 4.91. The van der Waals surface area contributed by atoms with Crippen molar-refractivity contribution in [2.45, 2.75) is 170 Å². The second kappa shape index (κ2) is 10.6. The topological polar surface area (TPSA) is 27.7 Å². The molecule has 216 valence electrons. The third-order valence-electron chi connectivity index (χ3n) is 11.6. The van der Waals surface area contributed by atoms with Gasteiger partial charge < -0.3 is 14.2 Å². The van der Waals surface area contributed by atoms with E-state index in [4.69, 9.17) is 14.2 Å². The van der Waals surface area contributed by atoms with Crippen molar-refractivity contribution in [2.24, 2.45) is 5.92 Å². The molecule has 8 rings (SSSR count). The molecule has 0 amide bonds. The van der Waals surface area contributed by atoms with Crippen LogP contribution in [0.5, 0.6) is 0 Å². The Hall–Kier alpha value is -0.0400. The Morgan fingerprint density at radius 1 is 0.795 bits per heavy atom. The molecule has 8 atom stereocenters. The van der Waals surface area contributed by atoms with E-state index in [0.29, 0.717) is 11.6 Å².